The fourth-order valence-electron chi connectivity index (χ4n) is 4.20. The van der Waals surface area contributed by atoms with E-state index in [2.05, 4.69) is 25.6 Å². The number of amides is 1. The molecule has 2 atom stereocenters. The lowest BCUT2D eigenvalue weighted by atomic mass is 9.78. The predicted molar refractivity (Wildman–Crippen MR) is 107 cm³/mol. The van der Waals surface area contributed by atoms with Crippen molar-refractivity contribution in [1.82, 2.24) is 20.2 Å². The second-order valence-corrected chi connectivity index (χ2v) is 9.34. The number of hydrogen-bond donors (Lipinski definition) is 1. The Labute approximate surface area is 168 Å². The van der Waals surface area contributed by atoms with E-state index in [1.165, 1.54) is 11.3 Å². The van der Waals surface area contributed by atoms with E-state index < -0.39 is 0 Å². The largest absolute Gasteiger partial charge is 0.370 e. The van der Waals surface area contributed by atoms with Gasteiger partial charge in [0, 0.05) is 24.2 Å². The van der Waals surface area contributed by atoms with Crippen molar-refractivity contribution in [3.8, 4) is 0 Å². The molecule has 0 bridgehead atoms. The fraction of sp³-hybridized carbons (Fsp3) is 0.632. The van der Waals surface area contributed by atoms with E-state index in [0.29, 0.717) is 11.5 Å². The Morgan fingerprint density at radius 1 is 1.41 bits per heavy atom. The highest BCUT2D eigenvalue weighted by atomic mass is 32.1. The molecule has 0 radical (unpaired) electrons. The van der Waals surface area contributed by atoms with Gasteiger partial charge < -0.3 is 10.1 Å². The maximum atomic E-state index is 12.8. The molecule has 8 heteroatoms. The van der Waals surface area contributed by atoms with Gasteiger partial charge in [-0.1, -0.05) is 12.8 Å². The third-order valence-electron chi connectivity index (χ3n) is 5.55. The first kappa shape index (κ1) is 19.0. The molecule has 3 heterocycles. The lowest BCUT2D eigenvalue weighted by Gasteiger charge is -2.49. The normalized spacial score (nSPS) is 26.4. The molecule has 1 N–H and O–H groups in total. The van der Waals surface area contributed by atoms with Crippen molar-refractivity contribution in [2.75, 3.05) is 19.7 Å². The van der Waals surface area contributed by atoms with Gasteiger partial charge in [-0.25, -0.2) is 9.97 Å². The van der Waals surface area contributed by atoms with Crippen molar-refractivity contribution >= 4 is 28.6 Å². The van der Waals surface area contributed by atoms with Gasteiger partial charge in [0.2, 0.25) is 0 Å². The van der Waals surface area contributed by atoms with Gasteiger partial charge in [0.05, 0.1) is 30.4 Å². The highest BCUT2D eigenvalue weighted by molar-refractivity contribution is 7.11. The van der Waals surface area contributed by atoms with Gasteiger partial charge in [-0.3, -0.25) is 9.69 Å². The Morgan fingerprint density at radius 3 is 3.04 bits per heavy atom. The zero-order valence-corrected chi connectivity index (χ0v) is 17.5. The van der Waals surface area contributed by atoms with Crippen molar-refractivity contribution in [1.29, 1.82) is 0 Å². The molecule has 2 fully saturated rings. The van der Waals surface area contributed by atoms with Crippen LogP contribution >= 0.6 is 22.7 Å². The Bertz CT molecular complexity index is 801. The number of carbonyl (C=O) groups is 1. The number of aryl methyl sites for hydroxylation is 2. The van der Waals surface area contributed by atoms with Crippen LogP contribution in [0.25, 0.3) is 0 Å². The van der Waals surface area contributed by atoms with Crippen LogP contribution in [0.4, 0.5) is 0 Å². The summed E-state index contributed by atoms with van der Waals surface area (Å²) in [5, 5.41) is 6.54. The second-order valence-electron chi connectivity index (χ2n) is 7.55. The highest BCUT2D eigenvalue weighted by Crippen LogP contribution is 2.36. The summed E-state index contributed by atoms with van der Waals surface area (Å²) in [7, 11) is 0. The van der Waals surface area contributed by atoms with E-state index in [1.807, 2.05) is 13.8 Å². The third-order valence-corrected chi connectivity index (χ3v) is 7.43. The lowest BCUT2D eigenvalue weighted by Crippen LogP contribution is -2.63. The van der Waals surface area contributed by atoms with Crippen LogP contribution in [0.5, 0.6) is 0 Å². The first-order valence-corrected chi connectivity index (χ1v) is 11.3. The van der Waals surface area contributed by atoms with Gasteiger partial charge in [0.1, 0.15) is 15.5 Å². The van der Waals surface area contributed by atoms with E-state index in [4.69, 9.17) is 4.74 Å². The number of hydrogen-bond acceptors (Lipinski definition) is 7. The molecule has 4 rings (SSSR count). The Hall–Kier alpha value is -1.35. The van der Waals surface area contributed by atoms with Gasteiger partial charge in [-0.2, -0.15) is 0 Å². The van der Waals surface area contributed by atoms with Gasteiger partial charge >= 0.3 is 0 Å². The summed E-state index contributed by atoms with van der Waals surface area (Å²) < 4.78 is 6.36. The molecule has 27 heavy (non-hydrogen) atoms. The monoisotopic (exact) mass is 406 g/mol. The second kappa shape index (κ2) is 7.95. The number of carbonyl (C=O) groups excluding carboxylic acids is 1. The predicted octanol–water partition coefficient (Wildman–Crippen LogP) is 3.16. The molecule has 1 amide bonds. The van der Waals surface area contributed by atoms with Crippen LogP contribution in [0.1, 0.15) is 51.8 Å². The van der Waals surface area contributed by atoms with Crippen LogP contribution in [0.15, 0.2) is 10.9 Å². The van der Waals surface area contributed by atoms with Gasteiger partial charge in [0.15, 0.2) is 0 Å². The van der Waals surface area contributed by atoms with Crippen LogP contribution < -0.4 is 5.32 Å². The number of thiazole rings is 2. The van der Waals surface area contributed by atoms with Gasteiger partial charge in [0.25, 0.3) is 5.91 Å². The third kappa shape index (κ3) is 4.08. The fourth-order valence-corrected chi connectivity index (χ4v) is 5.72. The van der Waals surface area contributed by atoms with Crippen LogP contribution in [0.2, 0.25) is 0 Å². The summed E-state index contributed by atoms with van der Waals surface area (Å²) in [5.41, 5.74) is 3.32. The Balaban J connectivity index is 1.48. The van der Waals surface area contributed by atoms with Gasteiger partial charge in [-0.05, 0) is 26.7 Å². The maximum absolute atomic E-state index is 12.8. The highest BCUT2D eigenvalue weighted by Gasteiger charge is 2.46. The molecule has 2 aromatic heterocycles. The summed E-state index contributed by atoms with van der Waals surface area (Å²) >= 11 is 3.13. The molecular formula is C19H26N4O2S2. The molecule has 146 valence electrons. The SMILES string of the molecule is Cc1csc(CN2CCO[C@@]3(CCCC[C@H]3NC(=O)c3scnc3C)C2)n1. The minimum absolute atomic E-state index is 0.0162. The molecule has 2 aliphatic rings. The zero-order chi connectivity index (χ0) is 18.9. The number of morpholine rings is 1. The van der Waals surface area contributed by atoms with E-state index >= 15 is 0 Å². The summed E-state index contributed by atoms with van der Waals surface area (Å²) in [5.74, 6) is -0.0162. The van der Waals surface area contributed by atoms with Crippen molar-refractivity contribution in [3.05, 3.63) is 32.2 Å². The first-order valence-electron chi connectivity index (χ1n) is 9.54. The molecule has 0 aromatic carbocycles. The standard InChI is InChI=1S/C19H26N4O2S2/c1-13-10-26-16(21-13)9-23-7-8-25-19(11-23)6-4-3-5-15(19)22-18(24)17-14(2)20-12-27-17/h10,12,15H,3-9,11H2,1-2H3,(H,22,24)/t15-,19+/m1/s1. The maximum Gasteiger partial charge on any atom is 0.263 e. The van der Waals surface area contributed by atoms with E-state index in [-0.39, 0.29) is 17.6 Å². The summed E-state index contributed by atoms with van der Waals surface area (Å²) in [4.78, 5) is 24.7. The quantitative estimate of drug-likeness (QED) is 0.845. The molecule has 6 nitrogen and oxygen atoms in total. The number of nitrogens with zero attached hydrogens (tertiary/aromatic N) is 3. The molecule has 1 saturated carbocycles. The van der Waals surface area contributed by atoms with Crippen molar-refractivity contribution in [2.24, 2.45) is 0 Å². The molecular weight excluding hydrogens is 380 g/mol. The summed E-state index contributed by atoms with van der Waals surface area (Å²) in [6.45, 7) is 7.24. The van der Waals surface area contributed by atoms with E-state index in [9.17, 15) is 4.79 Å². The minimum Gasteiger partial charge on any atom is -0.370 e. The summed E-state index contributed by atoms with van der Waals surface area (Å²) in [6.07, 6.45) is 4.24. The number of aromatic nitrogens is 2. The van der Waals surface area contributed by atoms with E-state index in [1.54, 1.807) is 16.8 Å². The van der Waals surface area contributed by atoms with Crippen LogP contribution in [0, 0.1) is 13.8 Å². The first-order chi connectivity index (χ1) is 13.1. The van der Waals surface area contributed by atoms with Crippen LogP contribution in [-0.2, 0) is 11.3 Å². The van der Waals surface area contributed by atoms with Crippen molar-refractivity contribution < 1.29 is 9.53 Å². The zero-order valence-electron chi connectivity index (χ0n) is 15.9. The smallest absolute Gasteiger partial charge is 0.263 e. The summed E-state index contributed by atoms with van der Waals surface area (Å²) in [6, 6.07) is 0.0427. The number of nitrogens with one attached hydrogen (secondary N) is 1. The average molecular weight is 407 g/mol. The molecule has 2 aromatic rings. The molecule has 0 unspecified atom stereocenters. The molecule has 1 aliphatic carbocycles. The van der Waals surface area contributed by atoms with E-state index in [0.717, 1.165) is 61.7 Å². The van der Waals surface area contributed by atoms with Crippen LogP contribution in [-0.4, -0.2) is 52.1 Å². The Kier molecular flexibility index (Phi) is 5.59. The molecule has 1 spiro atoms. The van der Waals surface area contributed by atoms with Crippen LogP contribution in [0.3, 0.4) is 0 Å². The molecule has 1 aliphatic heterocycles. The van der Waals surface area contributed by atoms with Crippen molar-refractivity contribution in [2.45, 2.75) is 57.7 Å². The Morgan fingerprint density at radius 2 is 2.30 bits per heavy atom. The minimum atomic E-state index is -0.295. The number of ether oxygens (including phenoxy) is 1. The topological polar surface area (TPSA) is 67.3 Å². The number of rotatable bonds is 4. The lowest BCUT2D eigenvalue weighted by molar-refractivity contribution is -0.143. The average Bonchev–Trinajstić information content (AvgIpc) is 3.25. The van der Waals surface area contributed by atoms with Gasteiger partial charge in [-0.15, -0.1) is 22.7 Å². The molecule has 1 saturated heterocycles. The van der Waals surface area contributed by atoms with Crippen molar-refractivity contribution in [3.63, 3.8) is 0 Å².